The van der Waals surface area contributed by atoms with Crippen molar-refractivity contribution in [1.29, 1.82) is 0 Å². The Balaban J connectivity index is 2.04. The summed E-state index contributed by atoms with van der Waals surface area (Å²) in [4.78, 5) is 27.3. The smallest absolute Gasteiger partial charge is 0.251 e. The molecule has 7 heteroatoms. The number of aliphatic hydroxyl groups excluding tert-OH is 1. The van der Waals surface area contributed by atoms with Crippen molar-refractivity contribution in [2.75, 3.05) is 12.4 Å². The first-order chi connectivity index (χ1) is 10.5. The number of amides is 2. The van der Waals surface area contributed by atoms with E-state index in [0.29, 0.717) is 17.8 Å². The number of hydrogen-bond acceptors (Lipinski definition) is 5. The normalized spacial score (nSPS) is 24.6. The Morgan fingerprint density at radius 2 is 2.18 bits per heavy atom. The molecule has 0 saturated heterocycles. The molecule has 1 heterocycles. The monoisotopic (exact) mass is 307 g/mol. The topological polar surface area (TPSA) is 101 Å². The average molecular weight is 307 g/mol. The molecule has 0 bridgehead atoms. The van der Waals surface area contributed by atoms with Gasteiger partial charge in [-0.25, -0.2) is 4.98 Å². The zero-order valence-electron chi connectivity index (χ0n) is 12.7. The van der Waals surface area contributed by atoms with Crippen LogP contribution in [0.15, 0.2) is 18.3 Å². The molecule has 1 aliphatic rings. The van der Waals surface area contributed by atoms with E-state index in [1.54, 1.807) is 13.2 Å². The van der Waals surface area contributed by atoms with Gasteiger partial charge in [-0.15, -0.1) is 0 Å². The highest BCUT2D eigenvalue weighted by Crippen LogP contribution is 2.22. The molecule has 3 atom stereocenters. The van der Waals surface area contributed by atoms with Crippen molar-refractivity contribution in [2.45, 2.75) is 44.4 Å². The number of rotatable bonds is 4. The highest BCUT2D eigenvalue weighted by Gasteiger charge is 2.32. The number of aliphatic hydroxyl groups is 1. The van der Waals surface area contributed by atoms with Gasteiger partial charge in [0.1, 0.15) is 11.9 Å². The molecule has 2 amide bonds. The fourth-order valence-corrected chi connectivity index (χ4v) is 2.63. The zero-order valence-corrected chi connectivity index (χ0v) is 12.7. The Bertz CT molecular complexity index is 549. The summed E-state index contributed by atoms with van der Waals surface area (Å²) in [5, 5.41) is 15.5. The molecule has 0 aromatic carbocycles. The number of nitrogens with zero attached hydrogens (tertiary/aromatic N) is 1. The van der Waals surface area contributed by atoms with E-state index in [9.17, 15) is 14.7 Å². The number of nitrogens with one attached hydrogen (secondary N) is 2. The minimum atomic E-state index is -0.723. The SMILES string of the molecule is CO[C@@H]1CCC[C@@H](NC(=O)c2ccnc(NC(C)=O)c2)[C@H]1O. The van der Waals surface area contributed by atoms with Gasteiger partial charge in [0.05, 0.1) is 12.1 Å². The lowest BCUT2D eigenvalue weighted by molar-refractivity contribution is -0.114. The summed E-state index contributed by atoms with van der Waals surface area (Å²) in [6.45, 7) is 1.37. The van der Waals surface area contributed by atoms with E-state index >= 15 is 0 Å². The zero-order chi connectivity index (χ0) is 16.1. The molecule has 1 aromatic rings. The maximum atomic E-state index is 12.3. The van der Waals surface area contributed by atoms with Crippen LogP contribution in [0.2, 0.25) is 0 Å². The summed E-state index contributed by atoms with van der Waals surface area (Å²) < 4.78 is 5.22. The van der Waals surface area contributed by atoms with Crippen LogP contribution in [0.4, 0.5) is 5.82 Å². The molecule has 0 spiro atoms. The van der Waals surface area contributed by atoms with Gasteiger partial charge in [0.2, 0.25) is 5.91 Å². The van der Waals surface area contributed by atoms with Crippen LogP contribution in [-0.4, -0.2) is 47.3 Å². The Morgan fingerprint density at radius 3 is 2.86 bits per heavy atom. The fraction of sp³-hybridized carbons (Fsp3) is 0.533. The molecule has 1 fully saturated rings. The van der Waals surface area contributed by atoms with Crippen LogP contribution in [0.1, 0.15) is 36.5 Å². The molecule has 1 saturated carbocycles. The fourth-order valence-electron chi connectivity index (χ4n) is 2.63. The van der Waals surface area contributed by atoms with Crippen LogP contribution in [-0.2, 0) is 9.53 Å². The molecule has 0 unspecified atom stereocenters. The summed E-state index contributed by atoms with van der Waals surface area (Å²) in [6, 6.07) is 2.72. The number of carbonyl (C=O) groups is 2. The van der Waals surface area contributed by atoms with Crippen molar-refractivity contribution >= 4 is 17.6 Å². The van der Waals surface area contributed by atoms with Gasteiger partial charge >= 0.3 is 0 Å². The predicted octanol–water partition coefficient (Wildman–Crippen LogP) is 0.698. The third-order valence-corrected chi connectivity index (χ3v) is 3.74. The molecule has 1 aromatic heterocycles. The molecule has 0 aliphatic heterocycles. The number of methoxy groups -OCH3 is 1. The molecular weight excluding hydrogens is 286 g/mol. The van der Waals surface area contributed by atoms with Crippen LogP contribution in [0.3, 0.4) is 0 Å². The van der Waals surface area contributed by atoms with Crippen LogP contribution < -0.4 is 10.6 Å². The molecule has 120 valence electrons. The minimum Gasteiger partial charge on any atom is -0.388 e. The van der Waals surface area contributed by atoms with Gasteiger partial charge in [0.25, 0.3) is 5.91 Å². The lowest BCUT2D eigenvalue weighted by atomic mass is 9.89. The number of aromatic nitrogens is 1. The molecule has 2 rings (SSSR count). The van der Waals surface area contributed by atoms with Gasteiger partial charge in [0.15, 0.2) is 0 Å². The third kappa shape index (κ3) is 4.02. The number of anilines is 1. The number of ether oxygens (including phenoxy) is 1. The summed E-state index contributed by atoms with van der Waals surface area (Å²) in [5.74, 6) is -0.246. The Kier molecular flexibility index (Phi) is 5.46. The summed E-state index contributed by atoms with van der Waals surface area (Å²) >= 11 is 0. The Morgan fingerprint density at radius 1 is 1.41 bits per heavy atom. The molecule has 0 radical (unpaired) electrons. The standard InChI is InChI=1S/C15H21N3O4/c1-9(19)17-13-8-10(6-7-16-13)15(21)18-11-4-3-5-12(22-2)14(11)20/h6-8,11-12,14,20H,3-5H2,1-2H3,(H,18,21)(H,16,17,19)/t11-,12-,14-/m1/s1. The van der Waals surface area contributed by atoms with Gasteiger partial charge in [-0.2, -0.15) is 0 Å². The maximum Gasteiger partial charge on any atom is 0.251 e. The van der Waals surface area contributed by atoms with Crippen molar-refractivity contribution in [1.82, 2.24) is 10.3 Å². The van der Waals surface area contributed by atoms with Gasteiger partial charge in [0, 0.05) is 25.8 Å². The van der Waals surface area contributed by atoms with Crippen molar-refractivity contribution < 1.29 is 19.4 Å². The second-order valence-corrected chi connectivity index (χ2v) is 5.39. The summed E-state index contributed by atoms with van der Waals surface area (Å²) in [5.41, 5.74) is 0.380. The van der Waals surface area contributed by atoms with Crippen LogP contribution in [0.25, 0.3) is 0 Å². The van der Waals surface area contributed by atoms with E-state index in [4.69, 9.17) is 4.74 Å². The van der Waals surface area contributed by atoms with E-state index < -0.39 is 6.10 Å². The first kappa shape index (κ1) is 16.4. The highest BCUT2D eigenvalue weighted by atomic mass is 16.5. The van der Waals surface area contributed by atoms with Crippen molar-refractivity contribution in [3.05, 3.63) is 23.9 Å². The van der Waals surface area contributed by atoms with Crippen molar-refractivity contribution in [3.63, 3.8) is 0 Å². The number of hydrogen-bond donors (Lipinski definition) is 3. The van der Waals surface area contributed by atoms with Gasteiger partial charge < -0.3 is 20.5 Å². The molecular formula is C15H21N3O4. The van der Waals surface area contributed by atoms with E-state index in [1.165, 1.54) is 19.2 Å². The predicted molar refractivity (Wildman–Crippen MR) is 80.4 cm³/mol. The van der Waals surface area contributed by atoms with E-state index in [0.717, 1.165) is 12.8 Å². The van der Waals surface area contributed by atoms with Gasteiger partial charge in [-0.3, -0.25) is 9.59 Å². The highest BCUT2D eigenvalue weighted by molar-refractivity contribution is 5.96. The number of pyridine rings is 1. The van der Waals surface area contributed by atoms with Gasteiger partial charge in [-0.1, -0.05) is 0 Å². The second kappa shape index (κ2) is 7.33. The Labute approximate surface area is 129 Å². The maximum absolute atomic E-state index is 12.3. The molecule has 1 aliphatic carbocycles. The Hall–Kier alpha value is -1.99. The van der Waals surface area contributed by atoms with Gasteiger partial charge in [-0.05, 0) is 31.4 Å². The largest absolute Gasteiger partial charge is 0.388 e. The number of carbonyl (C=O) groups excluding carboxylic acids is 2. The van der Waals surface area contributed by atoms with E-state index in [-0.39, 0.29) is 24.0 Å². The molecule has 3 N–H and O–H groups in total. The van der Waals surface area contributed by atoms with Crippen LogP contribution in [0.5, 0.6) is 0 Å². The average Bonchev–Trinajstić information content (AvgIpc) is 2.49. The van der Waals surface area contributed by atoms with Crippen molar-refractivity contribution in [3.8, 4) is 0 Å². The lowest BCUT2D eigenvalue weighted by Crippen LogP contribution is -2.51. The first-order valence-electron chi connectivity index (χ1n) is 7.26. The minimum absolute atomic E-state index is 0.254. The van der Waals surface area contributed by atoms with E-state index in [2.05, 4.69) is 15.6 Å². The van der Waals surface area contributed by atoms with Crippen LogP contribution in [0, 0.1) is 0 Å². The van der Waals surface area contributed by atoms with Crippen molar-refractivity contribution in [2.24, 2.45) is 0 Å². The third-order valence-electron chi connectivity index (χ3n) is 3.74. The van der Waals surface area contributed by atoms with Crippen LogP contribution >= 0.6 is 0 Å². The quantitative estimate of drug-likeness (QED) is 0.760. The second-order valence-electron chi connectivity index (χ2n) is 5.39. The first-order valence-corrected chi connectivity index (χ1v) is 7.26. The van der Waals surface area contributed by atoms with E-state index in [1.807, 2.05) is 0 Å². The summed E-state index contributed by atoms with van der Waals surface area (Å²) in [7, 11) is 1.56. The summed E-state index contributed by atoms with van der Waals surface area (Å²) in [6.07, 6.45) is 2.84. The molecule has 7 nitrogen and oxygen atoms in total. The lowest BCUT2D eigenvalue weighted by Gasteiger charge is -2.34. The molecule has 22 heavy (non-hydrogen) atoms.